The van der Waals surface area contributed by atoms with Crippen molar-refractivity contribution in [3.8, 4) is 11.4 Å². The number of H-pyrrole nitrogens is 1. The van der Waals surface area contributed by atoms with Crippen LogP contribution < -0.4 is 0 Å². The van der Waals surface area contributed by atoms with Gasteiger partial charge in [-0.15, -0.1) is 0 Å². The molecular formula is C13H15N3O2S. The molecule has 1 aliphatic rings. The van der Waals surface area contributed by atoms with Gasteiger partial charge in [-0.05, 0) is 12.8 Å². The Hall–Kier alpha value is -1.69. The zero-order chi connectivity index (χ0) is 13.3. The first-order valence-corrected chi connectivity index (χ1v) is 8.08. The smallest absolute Gasteiger partial charge is 0.181 e. The highest BCUT2D eigenvalue weighted by molar-refractivity contribution is 7.91. The van der Waals surface area contributed by atoms with Crippen molar-refractivity contribution in [3.05, 3.63) is 36.2 Å². The summed E-state index contributed by atoms with van der Waals surface area (Å²) in [5.74, 6) is 1.27. The van der Waals surface area contributed by atoms with Gasteiger partial charge in [0.1, 0.15) is 11.1 Å². The first kappa shape index (κ1) is 12.3. The zero-order valence-electron chi connectivity index (χ0n) is 10.4. The molecule has 2 heterocycles. The first-order chi connectivity index (χ1) is 9.17. The van der Waals surface area contributed by atoms with Gasteiger partial charge in [-0.3, -0.25) is 5.10 Å². The highest BCUT2D eigenvalue weighted by Crippen LogP contribution is 2.31. The van der Waals surface area contributed by atoms with Crippen LogP contribution in [0.2, 0.25) is 0 Å². The Morgan fingerprint density at radius 2 is 1.95 bits per heavy atom. The van der Waals surface area contributed by atoms with E-state index in [0.717, 1.165) is 18.4 Å². The van der Waals surface area contributed by atoms with Crippen molar-refractivity contribution in [2.75, 3.05) is 5.75 Å². The van der Waals surface area contributed by atoms with Crippen molar-refractivity contribution in [1.29, 1.82) is 0 Å². The molecular weight excluding hydrogens is 262 g/mol. The fraction of sp³-hybridized carbons (Fsp3) is 0.385. The minimum atomic E-state index is -3.08. The van der Waals surface area contributed by atoms with Crippen LogP contribution in [0, 0.1) is 0 Å². The molecule has 3 rings (SSSR count). The van der Waals surface area contributed by atoms with E-state index in [4.69, 9.17) is 0 Å². The third-order valence-electron chi connectivity index (χ3n) is 3.42. The van der Waals surface area contributed by atoms with Crippen LogP contribution in [-0.4, -0.2) is 29.4 Å². The Morgan fingerprint density at radius 3 is 2.68 bits per heavy atom. The molecule has 1 fully saturated rings. The number of nitrogens with zero attached hydrogens (tertiary/aromatic N) is 2. The standard InChI is InChI=1S/C13H15N3O2S/c17-19(18)9-5-4-8-11(19)13-14-12(15-16-13)10-6-2-1-3-7-10/h1-3,6-7,11H,4-5,8-9H2,(H,14,15,16). The third kappa shape index (κ3) is 2.40. The van der Waals surface area contributed by atoms with E-state index >= 15 is 0 Å². The average Bonchev–Trinajstić information content (AvgIpc) is 2.88. The first-order valence-electron chi connectivity index (χ1n) is 6.36. The molecule has 19 heavy (non-hydrogen) atoms. The number of aromatic nitrogens is 3. The highest BCUT2D eigenvalue weighted by Gasteiger charge is 2.32. The number of aromatic amines is 1. The molecule has 1 aliphatic heterocycles. The summed E-state index contributed by atoms with van der Waals surface area (Å²) in [4.78, 5) is 4.35. The normalized spacial score (nSPS) is 22.2. The molecule has 1 atom stereocenters. The summed E-state index contributed by atoms with van der Waals surface area (Å²) in [6, 6.07) is 9.54. The van der Waals surface area contributed by atoms with Crippen molar-refractivity contribution >= 4 is 9.84 Å². The molecule has 100 valence electrons. The van der Waals surface area contributed by atoms with Gasteiger partial charge < -0.3 is 0 Å². The summed E-state index contributed by atoms with van der Waals surface area (Å²) in [6.45, 7) is 0. The number of sulfone groups is 1. The Labute approximate surface area is 112 Å². The van der Waals surface area contributed by atoms with Crippen LogP contribution >= 0.6 is 0 Å². The fourth-order valence-corrected chi connectivity index (χ4v) is 4.26. The van der Waals surface area contributed by atoms with E-state index in [2.05, 4.69) is 15.2 Å². The number of benzene rings is 1. The second-order valence-electron chi connectivity index (χ2n) is 4.76. The van der Waals surface area contributed by atoms with Crippen LogP contribution in [0.1, 0.15) is 30.3 Å². The largest absolute Gasteiger partial charge is 0.262 e. The lowest BCUT2D eigenvalue weighted by Gasteiger charge is -2.19. The molecule has 1 saturated heterocycles. The minimum absolute atomic E-state index is 0.249. The maximum absolute atomic E-state index is 12.0. The van der Waals surface area contributed by atoms with Crippen molar-refractivity contribution in [3.63, 3.8) is 0 Å². The molecule has 5 nitrogen and oxygen atoms in total. The minimum Gasteiger partial charge on any atom is -0.262 e. The van der Waals surface area contributed by atoms with Gasteiger partial charge in [0.25, 0.3) is 0 Å². The van der Waals surface area contributed by atoms with E-state index in [9.17, 15) is 8.42 Å². The third-order valence-corrected chi connectivity index (χ3v) is 5.60. The molecule has 0 spiro atoms. The lowest BCUT2D eigenvalue weighted by atomic mass is 10.2. The van der Waals surface area contributed by atoms with E-state index in [1.54, 1.807) is 0 Å². The van der Waals surface area contributed by atoms with Gasteiger partial charge in [-0.2, -0.15) is 5.10 Å². The monoisotopic (exact) mass is 277 g/mol. The maximum Gasteiger partial charge on any atom is 0.181 e. The van der Waals surface area contributed by atoms with Crippen molar-refractivity contribution < 1.29 is 8.42 Å². The molecule has 1 aromatic heterocycles. The van der Waals surface area contributed by atoms with Crippen LogP contribution in [0.4, 0.5) is 0 Å². The predicted octanol–water partition coefficient (Wildman–Crippen LogP) is 2.11. The molecule has 2 aromatic rings. The molecule has 0 aliphatic carbocycles. The van der Waals surface area contributed by atoms with Crippen LogP contribution in [0.15, 0.2) is 30.3 Å². The van der Waals surface area contributed by atoms with Gasteiger partial charge in [-0.25, -0.2) is 13.4 Å². The van der Waals surface area contributed by atoms with Gasteiger partial charge in [-0.1, -0.05) is 36.8 Å². The molecule has 0 bridgehead atoms. The van der Waals surface area contributed by atoms with Gasteiger partial charge >= 0.3 is 0 Å². The quantitative estimate of drug-likeness (QED) is 0.912. The second-order valence-corrected chi connectivity index (χ2v) is 7.06. The summed E-state index contributed by atoms with van der Waals surface area (Å²) in [5, 5.41) is 6.39. The Morgan fingerprint density at radius 1 is 1.16 bits per heavy atom. The topological polar surface area (TPSA) is 75.7 Å². The SMILES string of the molecule is O=S1(=O)CCCCC1c1nc(-c2ccccc2)n[nH]1. The lowest BCUT2D eigenvalue weighted by Crippen LogP contribution is -2.22. The zero-order valence-corrected chi connectivity index (χ0v) is 11.2. The molecule has 0 amide bonds. The summed E-state index contributed by atoms with van der Waals surface area (Å²) in [5.41, 5.74) is 0.887. The van der Waals surface area contributed by atoms with Crippen LogP contribution in [-0.2, 0) is 9.84 Å². The van der Waals surface area contributed by atoms with Gasteiger partial charge in [0.05, 0.1) is 5.75 Å². The highest BCUT2D eigenvalue weighted by atomic mass is 32.2. The number of hydrogen-bond donors (Lipinski definition) is 1. The maximum atomic E-state index is 12.0. The van der Waals surface area contributed by atoms with E-state index in [1.165, 1.54) is 0 Å². The number of nitrogens with one attached hydrogen (secondary N) is 1. The van der Waals surface area contributed by atoms with E-state index in [1.807, 2.05) is 30.3 Å². The van der Waals surface area contributed by atoms with Crippen LogP contribution in [0.25, 0.3) is 11.4 Å². The molecule has 1 unspecified atom stereocenters. The van der Waals surface area contributed by atoms with Crippen molar-refractivity contribution in [2.45, 2.75) is 24.5 Å². The number of rotatable bonds is 2. The fourth-order valence-electron chi connectivity index (χ4n) is 2.40. The van der Waals surface area contributed by atoms with Crippen LogP contribution in [0.3, 0.4) is 0 Å². The Bertz CT molecular complexity index is 664. The van der Waals surface area contributed by atoms with E-state index in [-0.39, 0.29) is 5.75 Å². The second kappa shape index (κ2) is 4.77. The van der Waals surface area contributed by atoms with Gasteiger partial charge in [0, 0.05) is 5.56 Å². The molecule has 0 saturated carbocycles. The van der Waals surface area contributed by atoms with E-state index in [0.29, 0.717) is 18.1 Å². The lowest BCUT2D eigenvalue weighted by molar-refractivity contribution is 0.539. The van der Waals surface area contributed by atoms with Gasteiger partial charge in [0.15, 0.2) is 15.7 Å². The molecule has 6 heteroatoms. The molecule has 1 aromatic carbocycles. The predicted molar refractivity (Wildman–Crippen MR) is 72.2 cm³/mol. The Kier molecular flexibility index (Phi) is 3.10. The summed E-state index contributed by atoms with van der Waals surface area (Å²) in [7, 11) is -3.08. The summed E-state index contributed by atoms with van der Waals surface area (Å²) in [6.07, 6.45) is 2.30. The summed E-state index contributed by atoms with van der Waals surface area (Å²) >= 11 is 0. The van der Waals surface area contributed by atoms with Crippen LogP contribution in [0.5, 0.6) is 0 Å². The molecule has 0 radical (unpaired) electrons. The summed E-state index contributed by atoms with van der Waals surface area (Å²) < 4.78 is 24.1. The number of hydrogen-bond acceptors (Lipinski definition) is 4. The average molecular weight is 277 g/mol. The molecule has 1 N–H and O–H groups in total. The van der Waals surface area contributed by atoms with E-state index < -0.39 is 15.1 Å². The van der Waals surface area contributed by atoms with Crippen molar-refractivity contribution in [1.82, 2.24) is 15.2 Å². The van der Waals surface area contributed by atoms with Gasteiger partial charge in [0.2, 0.25) is 0 Å². The van der Waals surface area contributed by atoms with Crippen molar-refractivity contribution in [2.24, 2.45) is 0 Å². The Balaban J connectivity index is 1.93.